The Morgan fingerprint density at radius 1 is 1.14 bits per heavy atom. The summed E-state index contributed by atoms with van der Waals surface area (Å²) in [5, 5.41) is 4.11. The van der Waals surface area contributed by atoms with Gasteiger partial charge in [-0.05, 0) is 25.1 Å². The molecule has 0 N–H and O–H groups in total. The molecule has 3 nitrogen and oxygen atoms in total. The molecule has 3 rings (SSSR count). The van der Waals surface area contributed by atoms with E-state index < -0.39 is 11.7 Å². The Morgan fingerprint density at radius 3 is 2.36 bits per heavy atom. The van der Waals surface area contributed by atoms with E-state index in [9.17, 15) is 13.2 Å². The lowest BCUT2D eigenvalue weighted by molar-refractivity contribution is -0.136. The summed E-state index contributed by atoms with van der Waals surface area (Å²) in [6.07, 6.45) is -4.46. The van der Waals surface area contributed by atoms with E-state index in [4.69, 9.17) is 0 Å². The Labute approximate surface area is 132 Å². The first-order chi connectivity index (χ1) is 10.3. The van der Waals surface area contributed by atoms with Crippen LogP contribution in [0.15, 0.2) is 34.8 Å². The van der Waals surface area contributed by atoms with E-state index in [1.54, 1.807) is 38.2 Å². The van der Waals surface area contributed by atoms with Crippen LogP contribution in [0.3, 0.4) is 0 Å². The number of fused-ring (bicyclic) bond motifs is 1. The molecule has 0 fully saturated rings. The summed E-state index contributed by atoms with van der Waals surface area (Å²) in [5.41, 5.74) is 0.732. The Morgan fingerprint density at radius 2 is 1.77 bits per heavy atom. The third-order valence-corrected chi connectivity index (χ3v) is 3.94. The van der Waals surface area contributed by atoms with Crippen LogP contribution in [0.4, 0.5) is 13.2 Å². The molecule has 0 aliphatic rings. The third-order valence-electron chi connectivity index (χ3n) is 3.41. The summed E-state index contributed by atoms with van der Waals surface area (Å²) >= 11 is 3.30. The van der Waals surface area contributed by atoms with Gasteiger partial charge in [-0.15, -0.1) is 0 Å². The molecule has 0 aliphatic carbocycles. The molecule has 0 spiro atoms. The fourth-order valence-corrected chi connectivity index (χ4v) is 2.70. The predicted molar refractivity (Wildman–Crippen MR) is 81.4 cm³/mol. The monoisotopic (exact) mass is 369 g/mol. The zero-order chi connectivity index (χ0) is 16.1. The molecule has 0 unspecified atom stereocenters. The van der Waals surface area contributed by atoms with Crippen molar-refractivity contribution < 1.29 is 13.2 Å². The molecule has 3 aromatic rings. The Kier molecular flexibility index (Phi) is 3.47. The molecule has 0 amide bonds. The number of nitrogens with zero attached hydrogens (tertiary/aromatic N) is 3. The van der Waals surface area contributed by atoms with Gasteiger partial charge in [0.1, 0.15) is 0 Å². The van der Waals surface area contributed by atoms with E-state index >= 15 is 0 Å². The fraction of sp³-hybridized carbons (Fsp3) is 0.200. The van der Waals surface area contributed by atoms with Crippen molar-refractivity contribution in [1.82, 2.24) is 14.8 Å². The van der Waals surface area contributed by atoms with Crippen LogP contribution < -0.4 is 0 Å². The van der Waals surface area contributed by atoms with Crippen molar-refractivity contribution in [2.45, 2.75) is 13.1 Å². The van der Waals surface area contributed by atoms with Crippen LogP contribution in [0.2, 0.25) is 0 Å². The van der Waals surface area contributed by atoms with Crippen LogP contribution in [-0.2, 0) is 13.2 Å². The van der Waals surface area contributed by atoms with Crippen LogP contribution >= 0.6 is 15.9 Å². The Balaban J connectivity index is 2.34. The number of alkyl halides is 3. The van der Waals surface area contributed by atoms with Gasteiger partial charge in [0.25, 0.3) is 0 Å². The van der Waals surface area contributed by atoms with E-state index in [2.05, 4.69) is 26.0 Å². The minimum Gasteiger partial charge on any atom is -0.250 e. The van der Waals surface area contributed by atoms with Gasteiger partial charge < -0.3 is 0 Å². The van der Waals surface area contributed by atoms with Crippen molar-refractivity contribution in [3.63, 3.8) is 0 Å². The van der Waals surface area contributed by atoms with E-state index in [-0.39, 0.29) is 16.7 Å². The van der Waals surface area contributed by atoms with Crippen molar-refractivity contribution in [1.29, 1.82) is 0 Å². The lowest BCUT2D eigenvalue weighted by Gasteiger charge is -2.11. The number of halogens is 4. The number of benzene rings is 1. The maximum Gasteiger partial charge on any atom is 0.417 e. The zero-order valence-electron chi connectivity index (χ0n) is 11.7. The standard InChI is InChI=1S/C15H11BrF3N3/c1-8-13-11(15(17,18)19)7-12(20-14(13)22(2)21-8)9-3-5-10(16)6-4-9/h3-7H,1-2H3. The normalized spacial score (nSPS) is 12.1. The van der Waals surface area contributed by atoms with E-state index in [0.717, 1.165) is 10.5 Å². The van der Waals surface area contributed by atoms with Crippen molar-refractivity contribution in [3.05, 3.63) is 46.1 Å². The van der Waals surface area contributed by atoms with Crippen molar-refractivity contribution in [2.24, 2.45) is 7.05 Å². The number of aryl methyl sites for hydroxylation is 2. The molecule has 2 aromatic heterocycles. The molecule has 114 valence electrons. The highest BCUT2D eigenvalue weighted by atomic mass is 79.9. The first kappa shape index (κ1) is 15.0. The van der Waals surface area contributed by atoms with Gasteiger partial charge in [0.15, 0.2) is 5.65 Å². The predicted octanol–water partition coefficient (Wildman–Crippen LogP) is 4.73. The number of aromatic nitrogens is 3. The average Bonchev–Trinajstić information content (AvgIpc) is 2.73. The van der Waals surface area contributed by atoms with Gasteiger partial charge in [0.05, 0.1) is 22.3 Å². The lowest BCUT2D eigenvalue weighted by Crippen LogP contribution is -2.07. The van der Waals surface area contributed by atoms with Crippen LogP contribution in [0.5, 0.6) is 0 Å². The van der Waals surface area contributed by atoms with Crippen LogP contribution in [0.25, 0.3) is 22.3 Å². The summed E-state index contributed by atoms with van der Waals surface area (Å²) < 4.78 is 42.4. The molecule has 1 aromatic carbocycles. The highest BCUT2D eigenvalue weighted by Crippen LogP contribution is 2.37. The summed E-state index contributed by atoms with van der Waals surface area (Å²) in [5.74, 6) is 0. The SMILES string of the molecule is Cc1nn(C)c2nc(-c3ccc(Br)cc3)cc(C(F)(F)F)c12. The second-order valence-electron chi connectivity index (χ2n) is 4.97. The minimum atomic E-state index is -4.46. The second-order valence-corrected chi connectivity index (χ2v) is 5.88. The molecule has 22 heavy (non-hydrogen) atoms. The zero-order valence-corrected chi connectivity index (χ0v) is 13.3. The molecule has 0 bridgehead atoms. The van der Waals surface area contributed by atoms with Crippen LogP contribution in [0.1, 0.15) is 11.3 Å². The summed E-state index contributed by atoms with van der Waals surface area (Å²) in [4.78, 5) is 4.35. The van der Waals surface area contributed by atoms with Crippen molar-refractivity contribution in [2.75, 3.05) is 0 Å². The van der Waals surface area contributed by atoms with Gasteiger partial charge in [-0.3, -0.25) is 4.68 Å². The second kappa shape index (κ2) is 5.08. The maximum absolute atomic E-state index is 13.4. The van der Waals surface area contributed by atoms with Gasteiger partial charge in [0, 0.05) is 17.1 Å². The third kappa shape index (κ3) is 2.49. The molecular formula is C15H11BrF3N3. The van der Waals surface area contributed by atoms with E-state index in [0.29, 0.717) is 11.3 Å². The lowest BCUT2D eigenvalue weighted by atomic mass is 10.1. The quantitative estimate of drug-likeness (QED) is 0.620. The first-order valence-corrected chi connectivity index (χ1v) is 7.24. The van der Waals surface area contributed by atoms with Gasteiger partial charge in [-0.2, -0.15) is 18.3 Å². The van der Waals surface area contributed by atoms with Crippen LogP contribution in [0, 0.1) is 6.92 Å². The van der Waals surface area contributed by atoms with Gasteiger partial charge in [-0.25, -0.2) is 4.98 Å². The van der Waals surface area contributed by atoms with Gasteiger partial charge in [0.2, 0.25) is 0 Å². The fourth-order valence-electron chi connectivity index (χ4n) is 2.44. The molecule has 2 heterocycles. The topological polar surface area (TPSA) is 30.7 Å². The molecule has 0 saturated carbocycles. The van der Waals surface area contributed by atoms with Crippen molar-refractivity contribution >= 4 is 27.0 Å². The smallest absolute Gasteiger partial charge is 0.250 e. The maximum atomic E-state index is 13.4. The van der Waals surface area contributed by atoms with Crippen LogP contribution in [-0.4, -0.2) is 14.8 Å². The summed E-state index contributed by atoms with van der Waals surface area (Å²) in [6.45, 7) is 1.55. The largest absolute Gasteiger partial charge is 0.417 e. The number of rotatable bonds is 1. The van der Waals surface area contributed by atoms with E-state index in [1.807, 2.05) is 0 Å². The van der Waals surface area contributed by atoms with Gasteiger partial charge >= 0.3 is 6.18 Å². The highest BCUT2D eigenvalue weighted by molar-refractivity contribution is 9.10. The number of hydrogen-bond donors (Lipinski definition) is 0. The molecular weight excluding hydrogens is 359 g/mol. The molecule has 0 atom stereocenters. The highest BCUT2D eigenvalue weighted by Gasteiger charge is 2.35. The molecule has 0 radical (unpaired) electrons. The summed E-state index contributed by atoms with van der Waals surface area (Å²) in [7, 11) is 1.59. The molecule has 0 aliphatic heterocycles. The van der Waals surface area contributed by atoms with Crippen molar-refractivity contribution in [3.8, 4) is 11.3 Å². The Bertz CT molecular complexity index is 851. The minimum absolute atomic E-state index is 0.0517. The first-order valence-electron chi connectivity index (χ1n) is 6.45. The molecule has 7 heteroatoms. The van der Waals surface area contributed by atoms with Gasteiger partial charge in [-0.1, -0.05) is 28.1 Å². The Hall–Kier alpha value is -1.89. The average molecular weight is 370 g/mol. The van der Waals surface area contributed by atoms with E-state index in [1.165, 1.54) is 4.68 Å². The number of hydrogen-bond acceptors (Lipinski definition) is 2. The number of pyridine rings is 1. The molecule has 0 saturated heterocycles. The summed E-state index contributed by atoms with van der Waals surface area (Å²) in [6, 6.07) is 8.06.